The van der Waals surface area contributed by atoms with Crippen molar-refractivity contribution in [3.63, 3.8) is 0 Å². The highest BCUT2D eigenvalue weighted by Crippen LogP contribution is 2.06. The quantitative estimate of drug-likeness (QED) is 0.836. The van der Waals surface area contributed by atoms with Gasteiger partial charge in [0.15, 0.2) is 0 Å². The van der Waals surface area contributed by atoms with Crippen molar-refractivity contribution in [2.45, 2.75) is 25.8 Å². The van der Waals surface area contributed by atoms with Crippen molar-refractivity contribution in [2.75, 3.05) is 0 Å². The maximum Gasteiger partial charge on any atom is 0.223 e. The minimum Gasteiger partial charge on any atom is -0.369 e. The molecule has 1 aromatic carbocycles. The van der Waals surface area contributed by atoms with Gasteiger partial charge in [-0.2, -0.15) is 5.10 Å². The van der Waals surface area contributed by atoms with Crippen LogP contribution < -0.4 is 5.73 Å². The second-order valence-corrected chi connectivity index (χ2v) is 4.28. The number of aryl methyl sites for hydroxylation is 2. The summed E-state index contributed by atoms with van der Waals surface area (Å²) in [6.45, 7) is 0.810. The van der Waals surface area contributed by atoms with Crippen LogP contribution >= 0.6 is 0 Å². The minimum absolute atomic E-state index is 0.255. The first kappa shape index (κ1) is 12.4. The Morgan fingerprint density at radius 1 is 1.22 bits per heavy atom. The number of carbonyl (C=O) groups is 1. The molecule has 0 aliphatic carbocycles. The van der Waals surface area contributed by atoms with Gasteiger partial charge < -0.3 is 5.73 Å². The van der Waals surface area contributed by atoms with Crippen molar-refractivity contribution in [1.29, 1.82) is 0 Å². The summed E-state index contributed by atoms with van der Waals surface area (Å²) in [6.07, 6.45) is 3.97. The number of amides is 1. The third kappa shape index (κ3) is 3.45. The van der Waals surface area contributed by atoms with Crippen LogP contribution in [0.15, 0.2) is 42.6 Å². The molecule has 0 saturated carbocycles. The SMILES string of the molecule is NC(=O)Cc1ccnn1CCCc1ccccc1. The highest BCUT2D eigenvalue weighted by atomic mass is 16.1. The fraction of sp³-hybridized carbons (Fsp3) is 0.286. The second kappa shape index (κ2) is 6.00. The van der Waals surface area contributed by atoms with Crippen LogP contribution in [0.3, 0.4) is 0 Å². The Morgan fingerprint density at radius 3 is 2.72 bits per heavy atom. The fourth-order valence-electron chi connectivity index (χ4n) is 1.97. The summed E-state index contributed by atoms with van der Waals surface area (Å²) in [5, 5.41) is 4.21. The van der Waals surface area contributed by atoms with Crippen LogP contribution in [0.1, 0.15) is 17.7 Å². The molecule has 0 aliphatic rings. The average molecular weight is 243 g/mol. The number of aromatic nitrogens is 2. The summed E-state index contributed by atoms with van der Waals surface area (Å²) in [5.41, 5.74) is 7.40. The van der Waals surface area contributed by atoms with Gasteiger partial charge >= 0.3 is 0 Å². The van der Waals surface area contributed by atoms with Gasteiger partial charge in [-0.1, -0.05) is 30.3 Å². The summed E-state index contributed by atoms with van der Waals surface area (Å²) in [5.74, 6) is -0.320. The molecule has 0 fully saturated rings. The van der Waals surface area contributed by atoms with E-state index in [0.29, 0.717) is 0 Å². The van der Waals surface area contributed by atoms with Gasteiger partial charge in [0, 0.05) is 18.4 Å². The predicted molar refractivity (Wildman–Crippen MR) is 69.9 cm³/mol. The lowest BCUT2D eigenvalue weighted by Gasteiger charge is -2.06. The van der Waals surface area contributed by atoms with Gasteiger partial charge in [0.05, 0.1) is 6.42 Å². The van der Waals surface area contributed by atoms with E-state index in [1.54, 1.807) is 6.20 Å². The molecule has 0 bridgehead atoms. The minimum atomic E-state index is -0.320. The van der Waals surface area contributed by atoms with E-state index in [4.69, 9.17) is 5.73 Å². The molecule has 4 heteroatoms. The molecular formula is C14H17N3O. The topological polar surface area (TPSA) is 60.9 Å². The molecule has 2 rings (SSSR count). The molecule has 1 amide bonds. The van der Waals surface area contributed by atoms with E-state index in [2.05, 4.69) is 17.2 Å². The van der Waals surface area contributed by atoms with Crippen molar-refractivity contribution >= 4 is 5.91 Å². The molecule has 2 N–H and O–H groups in total. The van der Waals surface area contributed by atoms with E-state index in [1.165, 1.54) is 5.56 Å². The molecule has 0 atom stereocenters. The van der Waals surface area contributed by atoms with Crippen LogP contribution in [0.2, 0.25) is 0 Å². The van der Waals surface area contributed by atoms with Gasteiger partial charge in [-0.25, -0.2) is 0 Å². The summed E-state index contributed by atoms with van der Waals surface area (Å²) in [7, 11) is 0. The van der Waals surface area contributed by atoms with Gasteiger partial charge in [0.1, 0.15) is 0 Å². The average Bonchev–Trinajstić information content (AvgIpc) is 2.77. The molecule has 1 aromatic heterocycles. The van der Waals surface area contributed by atoms with E-state index in [9.17, 15) is 4.79 Å². The van der Waals surface area contributed by atoms with E-state index < -0.39 is 0 Å². The van der Waals surface area contributed by atoms with Gasteiger partial charge in [0.2, 0.25) is 5.91 Å². The smallest absolute Gasteiger partial charge is 0.223 e. The zero-order valence-electron chi connectivity index (χ0n) is 10.2. The fourth-order valence-corrected chi connectivity index (χ4v) is 1.97. The van der Waals surface area contributed by atoms with Crippen molar-refractivity contribution in [3.8, 4) is 0 Å². The van der Waals surface area contributed by atoms with Crippen molar-refractivity contribution in [1.82, 2.24) is 9.78 Å². The van der Waals surface area contributed by atoms with Crippen LogP contribution in [-0.4, -0.2) is 15.7 Å². The number of hydrogen-bond acceptors (Lipinski definition) is 2. The van der Waals surface area contributed by atoms with E-state index >= 15 is 0 Å². The summed E-state index contributed by atoms with van der Waals surface area (Å²) >= 11 is 0. The van der Waals surface area contributed by atoms with E-state index in [-0.39, 0.29) is 12.3 Å². The predicted octanol–water partition coefficient (Wildman–Crippen LogP) is 1.54. The van der Waals surface area contributed by atoms with Crippen LogP contribution in [0.4, 0.5) is 0 Å². The van der Waals surface area contributed by atoms with Crippen molar-refractivity contribution < 1.29 is 4.79 Å². The number of carbonyl (C=O) groups excluding carboxylic acids is 1. The van der Waals surface area contributed by atoms with Crippen LogP contribution in [0, 0.1) is 0 Å². The third-order valence-electron chi connectivity index (χ3n) is 2.84. The number of hydrogen-bond donors (Lipinski definition) is 1. The normalized spacial score (nSPS) is 10.4. The maximum atomic E-state index is 10.9. The standard InChI is InChI=1S/C14H17N3O/c15-14(18)11-13-8-9-16-17(13)10-4-7-12-5-2-1-3-6-12/h1-3,5-6,8-9H,4,7,10-11H2,(H2,15,18). The Bertz CT molecular complexity index is 505. The first-order valence-electron chi connectivity index (χ1n) is 6.08. The molecule has 4 nitrogen and oxygen atoms in total. The summed E-state index contributed by atoms with van der Waals surface area (Å²) < 4.78 is 1.85. The molecule has 0 aliphatic heterocycles. The molecule has 1 heterocycles. The highest BCUT2D eigenvalue weighted by Gasteiger charge is 2.05. The molecule has 0 unspecified atom stereocenters. The first-order valence-corrected chi connectivity index (χ1v) is 6.08. The number of rotatable bonds is 6. The molecule has 2 aromatic rings. The Kier molecular flexibility index (Phi) is 4.12. The molecule has 0 saturated heterocycles. The lowest BCUT2D eigenvalue weighted by atomic mass is 10.1. The van der Waals surface area contributed by atoms with Crippen LogP contribution in [-0.2, 0) is 24.2 Å². The molecule has 18 heavy (non-hydrogen) atoms. The Balaban J connectivity index is 1.87. The number of benzene rings is 1. The van der Waals surface area contributed by atoms with Gasteiger partial charge in [-0.15, -0.1) is 0 Å². The van der Waals surface area contributed by atoms with Crippen molar-refractivity contribution in [3.05, 3.63) is 53.9 Å². The van der Waals surface area contributed by atoms with E-state index in [0.717, 1.165) is 25.1 Å². The lowest BCUT2D eigenvalue weighted by Crippen LogP contribution is -2.17. The monoisotopic (exact) mass is 243 g/mol. The largest absolute Gasteiger partial charge is 0.369 e. The van der Waals surface area contributed by atoms with Crippen LogP contribution in [0.5, 0.6) is 0 Å². The molecule has 0 radical (unpaired) electrons. The maximum absolute atomic E-state index is 10.9. The first-order chi connectivity index (χ1) is 8.75. The third-order valence-corrected chi connectivity index (χ3v) is 2.84. The number of nitrogens with zero attached hydrogens (tertiary/aromatic N) is 2. The Labute approximate surface area is 106 Å². The highest BCUT2D eigenvalue weighted by molar-refractivity contribution is 5.76. The van der Waals surface area contributed by atoms with Gasteiger partial charge in [-0.05, 0) is 24.5 Å². The second-order valence-electron chi connectivity index (χ2n) is 4.28. The lowest BCUT2D eigenvalue weighted by molar-refractivity contribution is -0.117. The zero-order chi connectivity index (χ0) is 12.8. The molecule has 94 valence electrons. The summed E-state index contributed by atoms with van der Waals surface area (Å²) in [6, 6.07) is 12.2. The van der Waals surface area contributed by atoms with E-state index in [1.807, 2.05) is 28.9 Å². The Hall–Kier alpha value is -2.10. The zero-order valence-corrected chi connectivity index (χ0v) is 10.2. The number of primary amides is 1. The molecule has 0 spiro atoms. The molecular weight excluding hydrogens is 226 g/mol. The number of nitrogens with two attached hydrogens (primary N) is 1. The van der Waals surface area contributed by atoms with Crippen LogP contribution in [0.25, 0.3) is 0 Å². The van der Waals surface area contributed by atoms with Gasteiger partial charge in [0.25, 0.3) is 0 Å². The van der Waals surface area contributed by atoms with Crippen molar-refractivity contribution in [2.24, 2.45) is 5.73 Å². The Morgan fingerprint density at radius 2 is 2.00 bits per heavy atom. The summed E-state index contributed by atoms with van der Waals surface area (Å²) in [4.78, 5) is 10.9. The van der Waals surface area contributed by atoms with Gasteiger partial charge in [-0.3, -0.25) is 9.48 Å².